The lowest BCUT2D eigenvalue weighted by Crippen LogP contribution is -2.44. The van der Waals surface area contributed by atoms with Crippen molar-refractivity contribution in [3.63, 3.8) is 0 Å². The smallest absolute Gasteiger partial charge is 0.263 e. The first kappa shape index (κ1) is 14.2. The second-order valence-corrected chi connectivity index (χ2v) is 6.12. The number of carbonyl (C=O) groups is 1. The molecule has 7 heteroatoms. The van der Waals surface area contributed by atoms with Gasteiger partial charge in [0.25, 0.3) is 5.91 Å². The van der Waals surface area contributed by atoms with Gasteiger partial charge in [0.2, 0.25) is 0 Å². The molecule has 1 aliphatic rings. The lowest BCUT2D eigenvalue weighted by Gasteiger charge is -2.25. The number of methoxy groups -OCH3 is 1. The fourth-order valence-electron chi connectivity index (χ4n) is 2.40. The molecule has 0 saturated carbocycles. The van der Waals surface area contributed by atoms with Gasteiger partial charge in [-0.2, -0.15) is 0 Å². The summed E-state index contributed by atoms with van der Waals surface area (Å²) in [5, 5.41) is 2.89. The minimum absolute atomic E-state index is 0.196. The van der Waals surface area contributed by atoms with E-state index in [1.54, 1.807) is 13.3 Å². The van der Waals surface area contributed by atoms with E-state index < -0.39 is 5.60 Å². The third-order valence-corrected chi connectivity index (χ3v) is 4.92. The van der Waals surface area contributed by atoms with Crippen molar-refractivity contribution in [1.82, 2.24) is 10.3 Å². The SMILES string of the molecule is COC1(CNC(=O)c2sc3cccnc3c2N)CCOC1. The van der Waals surface area contributed by atoms with E-state index in [9.17, 15) is 4.79 Å². The molecule has 112 valence electrons. The first-order chi connectivity index (χ1) is 10.2. The van der Waals surface area contributed by atoms with Crippen LogP contribution in [0.5, 0.6) is 0 Å². The lowest BCUT2D eigenvalue weighted by atomic mass is 10.0. The van der Waals surface area contributed by atoms with E-state index in [2.05, 4.69) is 10.3 Å². The monoisotopic (exact) mass is 307 g/mol. The summed E-state index contributed by atoms with van der Waals surface area (Å²) in [6, 6.07) is 3.73. The quantitative estimate of drug-likeness (QED) is 0.892. The number of thiophene rings is 1. The molecule has 6 nitrogen and oxygen atoms in total. The molecule has 0 radical (unpaired) electrons. The number of amides is 1. The third-order valence-electron chi connectivity index (χ3n) is 3.76. The van der Waals surface area contributed by atoms with Gasteiger partial charge < -0.3 is 20.5 Å². The maximum absolute atomic E-state index is 12.3. The maximum atomic E-state index is 12.3. The summed E-state index contributed by atoms with van der Waals surface area (Å²) in [5.41, 5.74) is 6.70. The molecule has 0 bridgehead atoms. The van der Waals surface area contributed by atoms with Gasteiger partial charge in [-0.3, -0.25) is 9.78 Å². The summed E-state index contributed by atoms with van der Waals surface area (Å²) in [4.78, 5) is 17.1. The Kier molecular flexibility index (Phi) is 3.79. The molecule has 3 rings (SSSR count). The third kappa shape index (κ3) is 2.59. The second kappa shape index (κ2) is 5.59. The van der Waals surface area contributed by atoms with Crippen LogP contribution in [0.2, 0.25) is 0 Å². The molecule has 1 saturated heterocycles. The Morgan fingerprint density at radius 1 is 1.67 bits per heavy atom. The number of hydrogen-bond acceptors (Lipinski definition) is 6. The first-order valence-corrected chi connectivity index (χ1v) is 7.51. The largest absolute Gasteiger partial charge is 0.396 e. The van der Waals surface area contributed by atoms with Crippen molar-refractivity contribution in [2.45, 2.75) is 12.0 Å². The highest BCUT2D eigenvalue weighted by molar-refractivity contribution is 7.21. The van der Waals surface area contributed by atoms with Gasteiger partial charge in [-0.25, -0.2) is 0 Å². The molecule has 1 fully saturated rings. The number of nitrogens with zero attached hydrogens (tertiary/aromatic N) is 1. The van der Waals surface area contributed by atoms with Crippen LogP contribution in [0.4, 0.5) is 5.69 Å². The predicted octanol–water partition coefficient (Wildman–Crippen LogP) is 1.41. The summed E-state index contributed by atoms with van der Waals surface area (Å²) < 4.78 is 11.8. The van der Waals surface area contributed by atoms with Crippen LogP contribution in [0.3, 0.4) is 0 Å². The molecule has 1 unspecified atom stereocenters. The van der Waals surface area contributed by atoms with Crippen LogP contribution >= 0.6 is 11.3 Å². The molecule has 1 atom stereocenters. The molecule has 21 heavy (non-hydrogen) atoms. The van der Waals surface area contributed by atoms with Gasteiger partial charge in [0.05, 0.1) is 17.0 Å². The summed E-state index contributed by atoms with van der Waals surface area (Å²) in [5.74, 6) is -0.196. The molecule has 0 aromatic carbocycles. The van der Waals surface area contributed by atoms with Crippen LogP contribution in [-0.4, -0.2) is 43.4 Å². The number of aromatic nitrogens is 1. The summed E-state index contributed by atoms with van der Waals surface area (Å²) in [6.45, 7) is 1.55. The minimum Gasteiger partial charge on any atom is -0.396 e. The molecule has 1 amide bonds. The van der Waals surface area contributed by atoms with Gasteiger partial charge in [0.15, 0.2) is 0 Å². The molecule has 0 aliphatic carbocycles. The lowest BCUT2D eigenvalue weighted by molar-refractivity contribution is -0.0148. The van der Waals surface area contributed by atoms with E-state index >= 15 is 0 Å². The van der Waals surface area contributed by atoms with Crippen LogP contribution in [0.1, 0.15) is 16.1 Å². The zero-order chi connectivity index (χ0) is 14.9. The molecule has 2 aromatic rings. The normalized spacial score (nSPS) is 21.8. The summed E-state index contributed by atoms with van der Waals surface area (Å²) in [7, 11) is 1.64. The van der Waals surface area contributed by atoms with Crippen LogP contribution in [0.25, 0.3) is 10.2 Å². The maximum Gasteiger partial charge on any atom is 0.263 e. The van der Waals surface area contributed by atoms with E-state index in [-0.39, 0.29) is 5.91 Å². The van der Waals surface area contributed by atoms with Crippen molar-refractivity contribution in [3.05, 3.63) is 23.2 Å². The van der Waals surface area contributed by atoms with Gasteiger partial charge >= 0.3 is 0 Å². The molecular weight excluding hydrogens is 290 g/mol. The standard InChI is InChI=1S/C14H17N3O3S/c1-19-14(4-6-20-8-14)7-17-13(18)12-10(15)11-9(21-12)3-2-5-16-11/h2-3,5H,4,6-8,15H2,1H3,(H,17,18). The number of rotatable bonds is 4. The highest BCUT2D eigenvalue weighted by Crippen LogP contribution is 2.32. The van der Waals surface area contributed by atoms with Crippen LogP contribution in [-0.2, 0) is 9.47 Å². The van der Waals surface area contributed by atoms with Crippen molar-refractivity contribution in [2.75, 3.05) is 32.6 Å². The fraction of sp³-hybridized carbons (Fsp3) is 0.429. The van der Waals surface area contributed by atoms with Crippen molar-refractivity contribution < 1.29 is 14.3 Å². The van der Waals surface area contributed by atoms with Crippen molar-refractivity contribution >= 4 is 33.1 Å². The van der Waals surface area contributed by atoms with E-state index in [1.807, 2.05) is 12.1 Å². The van der Waals surface area contributed by atoms with Crippen molar-refractivity contribution in [1.29, 1.82) is 0 Å². The molecule has 3 N–H and O–H groups in total. The van der Waals surface area contributed by atoms with E-state index in [0.29, 0.717) is 35.8 Å². The van der Waals surface area contributed by atoms with Crippen molar-refractivity contribution in [3.8, 4) is 0 Å². The fourth-order valence-corrected chi connectivity index (χ4v) is 3.40. The average Bonchev–Trinajstić information content (AvgIpc) is 3.11. The molecule has 2 aromatic heterocycles. The van der Waals surface area contributed by atoms with E-state index in [1.165, 1.54) is 11.3 Å². The Labute approximate surface area is 126 Å². The van der Waals surface area contributed by atoms with Crippen molar-refractivity contribution in [2.24, 2.45) is 0 Å². The number of ether oxygens (including phenoxy) is 2. The Hall–Kier alpha value is -1.70. The number of nitrogens with one attached hydrogen (secondary N) is 1. The molecule has 1 aliphatic heterocycles. The second-order valence-electron chi connectivity index (χ2n) is 5.07. The number of hydrogen-bond donors (Lipinski definition) is 2. The number of anilines is 1. The van der Waals surface area contributed by atoms with Crippen LogP contribution in [0.15, 0.2) is 18.3 Å². The Morgan fingerprint density at radius 3 is 3.19 bits per heavy atom. The van der Waals surface area contributed by atoms with E-state index in [0.717, 1.165) is 11.1 Å². The number of pyridine rings is 1. The molecular formula is C14H17N3O3S. The van der Waals surface area contributed by atoms with Gasteiger partial charge in [0, 0.05) is 32.9 Å². The predicted molar refractivity (Wildman–Crippen MR) is 81.5 cm³/mol. The minimum atomic E-state index is -0.431. The van der Waals surface area contributed by atoms with Gasteiger partial charge in [-0.05, 0) is 12.1 Å². The summed E-state index contributed by atoms with van der Waals surface area (Å²) >= 11 is 1.35. The Morgan fingerprint density at radius 2 is 2.52 bits per heavy atom. The Bertz CT molecular complexity index is 665. The van der Waals surface area contributed by atoms with Crippen LogP contribution < -0.4 is 11.1 Å². The van der Waals surface area contributed by atoms with Crippen LogP contribution in [0, 0.1) is 0 Å². The highest BCUT2D eigenvalue weighted by atomic mass is 32.1. The summed E-state index contributed by atoms with van der Waals surface area (Å²) in [6.07, 6.45) is 2.44. The average molecular weight is 307 g/mol. The number of nitrogens with two attached hydrogens (primary N) is 1. The highest BCUT2D eigenvalue weighted by Gasteiger charge is 2.35. The topological polar surface area (TPSA) is 86.5 Å². The number of fused-ring (bicyclic) bond motifs is 1. The molecule has 3 heterocycles. The Balaban J connectivity index is 1.76. The van der Waals surface area contributed by atoms with Gasteiger partial charge in [0.1, 0.15) is 16.0 Å². The molecule has 0 spiro atoms. The van der Waals surface area contributed by atoms with Gasteiger partial charge in [-0.1, -0.05) is 0 Å². The number of nitrogen functional groups attached to an aromatic ring is 1. The van der Waals surface area contributed by atoms with Gasteiger partial charge in [-0.15, -0.1) is 11.3 Å². The first-order valence-electron chi connectivity index (χ1n) is 6.69. The number of carbonyl (C=O) groups excluding carboxylic acids is 1. The van der Waals surface area contributed by atoms with E-state index in [4.69, 9.17) is 15.2 Å². The zero-order valence-electron chi connectivity index (χ0n) is 11.7. The zero-order valence-corrected chi connectivity index (χ0v) is 12.5.